The van der Waals surface area contributed by atoms with E-state index in [0.717, 1.165) is 34.8 Å². The van der Waals surface area contributed by atoms with E-state index in [0.29, 0.717) is 12.8 Å². The van der Waals surface area contributed by atoms with Crippen molar-refractivity contribution in [1.29, 1.82) is 0 Å². The number of nitrogens with one attached hydrogen (secondary N) is 2. The molecule has 2 aromatic heterocycles. The van der Waals surface area contributed by atoms with Crippen LogP contribution in [0.2, 0.25) is 10.0 Å². The average Bonchev–Trinajstić information content (AvgIpc) is 3.97. The molecule has 2 heterocycles. The molecule has 4 aromatic rings. The van der Waals surface area contributed by atoms with Crippen LogP contribution in [0, 0.1) is 5.92 Å². The predicted molar refractivity (Wildman–Crippen MR) is 171 cm³/mol. The first-order valence-corrected chi connectivity index (χ1v) is 16.5. The number of rotatable bonds is 12. The maximum atomic E-state index is 13.3. The number of thiol groups is 1. The minimum absolute atomic E-state index is 0.0581. The van der Waals surface area contributed by atoms with E-state index in [2.05, 4.69) is 15.4 Å². The number of H-pyrrole nitrogens is 1. The van der Waals surface area contributed by atoms with E-state index in [9.17, 15) is 36.0 Å². The molecule has 2 aromatic carbocycles. The number of aromatic nitrogens is 4. The smallest absolute Gasteiger partial charge is 0.440 e. The van der Waals surface area contributed by atoms with Crippen molar-refractivity contribution in [2.75, 3.05) is 10.8 Å². The lowest BCUT2D eigenvalue weighted by Gasteiger charge is -2.30. The number of amides is 1. The van der Waals surface area contributed by atoms with Crippen LogP contribution in [-0.2, 0) is 28.5 Å². The molecule has 0 saturated heterocycles. The minimum atomic E-state index is -5.16. The molecule has 2 aliphatic rings. The van der Waals surface area contributed by atoms with Crippen molar-refractivity contribution >= 4 is 45.7 Å². The molecule has 2 fully saturated rings. The van der Waals surface area contributed by atoms with Crippen LogP contribution < -0.4 is 30.3 Å². The zero-order valence-corrected chi connectivity index (χ0v) is 27.4. The zero-order chi connectivity index (χ0) is 35.1. The van der Waals surface area contributed by atoms with Crippen molar-refractivity contribution in [2.45, 2.75) is 44.0 Å². The van der Waals surface area contributed by atoms with Gasteiger partial charge in [0.2, 0.25) is 28.4 Å². The molecule has 1 amide bonds. The maximum Gasteiger partial charge on any atom is 0.440 e. The Bertz CT molecular complexity index is 2090. The Morgan fingerprint density at radius 1 is 1.10 bits per heavy atom. The van der Waals surface area contributed by atoms with E-state index in [4.69, 9.17) is 32.7 Å². The lowest BCUT2D eigenvalue weighted by atomic mass is 10.2. The minimum Gasteiger partial charge on any atom is -0.485 e. The largest absolute Gasteiger partial charge is 0.485 e. The van der Waals surface area contributed by atoms with Crippen LogP contribution in [-0.4, -0.2) is 46.2 Å². The molecule has 0 bridgehead atoms. The molecule has 2 aliphatic carbocycles. The highest BCUT2D eigenvalue weighted by Crippen LogP contribution is 2.48. The van der Waals surface area contributed by atoms with Gasteiger partial charge in [-0.2, -0.15) is 23.0 Å². The second-order valence-electron chi connectivity index (χ2n) is 11.4. The third-order valence-electron chi connectivity index (χ3n) is 7.80. The molecule has 258 valence electrons. The number of aromatic amines is 1. The number of carbonyl (C=O) groups is 1. The van der Waals surface area contributed by atoms with Crippen LogP contribution in [0.5, 0.6) is 17.4 Å². The summed E-state index contributed by atoms with van der Waals surface area (Å²) in [6, 6.07) is 12.4. The van der Waals surface area contributed by atoms with Crippen molar-refractivity contribution in [2.24, 2.45) is 5.92 Å². The van der Waals surface area contributed by atoms with E-state index in [1.807, 2.05) is 30.3 Å². The number of carbonyl (C=O) groups excluding carboxylic acids is 1. The average molecular weight is 742 g/mol. The van der Waals surface area contributed by atoms with Gasteiger partial charge in [-0.25, -0.2) is 18.2 Å². The van der Waals surface area contributed by atoms with Gasteiger partial charge in [0.25, 0.3) is 5.56 Å². The molecule has 19 heteroatoms. The number of benzene rings is 2. The van der Waals surface area contributed by atoms with E-state index in [1.54, 1.807) is 4.98 Å². The van der Waals surface area contributed by atoms with Crippen LogP contribution in [0.15, 0.2) is 64.3 Å². The summed E-state index contributed by atoms with van der Waals surface area (Å²) >= 11 is 12.8. The molecule has 6 rings (SSSR count). The lowest BCUT2D eigenvalue weighted by molar-refractivity contribution is -0.143. The molecule has 2 saturated carbocycles. The van der Waals surface area contributed by atoms with E-state index >= 15 is 0 Å². The number of anilines is 1. The van der Waals surface area contributed by atoms with Crippen molar-refractivity contribution in [3.63, 3.8) is 0 Å². The highest BCUT2D eigenvalue weighted by atomic mass is 35.5. The van der Waals surface area contributed by atoms with Gasteiger partial charge in [-0.1, -0.05) is 53.5 Å². The number of pyridine rings is 1. The van der Waals surface area contributed by atoms with Crippen LogP contribution in [0.3, 0.4) is 0 Å². The predicted octanol–water partition coefficient (Wildman–Crippen LogP) is 4.40. The van der Waals surface area contributed by atoms with Crippen LogP contribution in [0.1, 0.15) is 36.9 Å². The van der Waals surface area contributed by atoms with Gasteiger partial charge in [-0.3, -0.25) is 18.9 Å². The van der Waals surface area contributed by atoms with Crippen molar-refractivity contribution in [3.8, 4) is 23.1 Å². The standard InChI is InChI=1S/C30H25Cl2F3N6O7S/c31-19-10-18(40-28(44)38-27(43)25(39-40)30(33,34)35)11-20(32)24(19)48-23-12-21(22(13-36-23)47-14-16-4-2-1-3-5-16)41(49(45)46)29(8-9-29)15-37-26(42)17-6-7-17/h1-5,10-13,17,49H,6-9,14-15H2,(H,37,42)(H,38,43,44). The summed E-state index contributed by atoms with van der Waals surface area (Å²) in [5.41, 5.74) is -5.32. The fourth-order valence-corrected chi connectivity index (χ4v) is 6.48. The van der Waals surface area contributed by atoms with Crippen molar-refractivity contribution < 1.29 is 35.9 Å². The monoisotopic (exact) mass is 740 g/mol. The summed E-state index contributed by atoms with van der Waals surface area (Å²) in [5, 5.41) is 5.40. The van der Waals surface area contributed by atoms with Gasteiger partial charge in [-0.05, 0) is 43.4 Å². The Labute approximate surface area is 286 Å². The second-order valence-corrected chi connectivity index (χ2v) is 13.1. The van der Waals surface area contributed by atoms with Gasteiger partial charge in [0.05, 0.1) is 27.5 Å². The molecular weight excluding hydrogens is 716 g/mol. The Hall–Kier alpha value is -4.61. The van der Waals surface area contributed by atoms with Gasteiger partial charge >= 0.3 is 11.9 Å². The zero-order valence-electron chi connectivity index (χ0n) is 25.0. The molecule has 0 spiro atoms. The molecule has 13 nitrogen and oxygen atoms in total. The summed E-state index contributed by atoms with van der Waals surface area (Å²) in [7, 11) is -3.29. The van der Waals surface area contributed by atoms with Gasteiger partial charge in [0, 0.05) is 18.5 Å². The normalized spacial score (nSPS) is 15.1. The Morgan fingerprint density at radius 2 is 1.78 bits per heavy atom. The summed E-state index contributed by atoms with van der Waals surface area (Å²) in [5.74, 6) is -0.577. The molecule has 2 N–H and O–H groups in total. The first kappa shape index (κ1) is 34.3. The van der Waals surface area contributed by atoms with E-state index < -0.39 is 39.5 Å². The maximum absolute atomic E-state index is 13.3. The molecule has 0 atom stereocenters. The molecule has 0 radical (unpaired) electrons. The first-order valence-electron chi connectivity index (χ1n) is 14.6. The van der Waals surface area contributed by atoms with E-state index in [1.165, 1.54) is 12.3 Å². The number of hydrogen-bond donors (Lipinski definition) is 3. The highest BCUT2D eigenvalue weighted by Gasteiger charge is 2.51. The van der Waals surface area contributed by atoms with Crippen molar-refractivity contribution in [3.05, 3.63) is 96.9 Å². The highest BCUT2D eigenvalue weighted by molar-refractivity contribution is 7.74. The first-order chi connectivity index (χ1) is 23.3. The molecule has 0 unspecified atom stereocenters. The summed E-state index contributed by atoms with van der Waals surface area (Å²) < 4.78 is 78.8. The molecule has 0 aliphatic heterocycles. The SMILES string of the molecule is O=C(NCC1(N(c2cc(Oc3c(Cl)cc(-n4nc(C(F)(F)F)c(=O)[nH]c4=O)cc3Cl)ncc2OCc2ccccc2)[SH](=O)=O)CC1)C1CC1. The lowest BCUT2D eigenvalue weighted by Crippen LogP contribution is -2.46. The number of halogens is 5. The Balaban J connectivity index is 1.34. The number of nitrogens with zero attached hydrogens (tertiary/aromatic N) is 4. The quantitative estimate of drug-likeness (QED) is 0.179. The molecular formula is C30H25Cl2F3N6O7S. The Morgan fingerprint density at radius 3 is 2.37 bits per heavy atom. The van der Waals surface area contributed by atoms with Crippen LogP contribution in [0.4, 0.5) is 18.9 Å². The number of ether oxygens (including phenoxy) is 2. The van der Waals surface area contributed by atoms with Gasteiger partial charge in [0.15, 0.2) is 11.5 Å². The van der Waals surface area contributed by atoms with Crippen LogP contribution in [0.25, 0.3) is 5.69 Å². The summed E-state index contributed by atoms with van der Waals surface area (Å²) in [6.07, 6.45) is -1.46. The number of hydrogen-bond acceptors (Lipinski definition) is 9. The fourth-order valence-electron chi connectivity index (χ4n) is 4.98. The fraction of sp³-hybridized carbons (Fsp3) is 0.300. The molecule has 49 heavy (non-hydrogen) atoms. The summed E-state index contributed by atoms with van der Waals surface area (Å²) in [6.45, 7) is 0.133. The van der Waals surface area contributed by atoms with E-state index in [-0.39, 0.29) is 68.5 Å². The second kappa shape index (κ2) is 13.4. The summed E-state index contributed by atoms with van der Waals surface area (Å²) in [4.78, 5) is 42.2. The third kappa shape index (κ3) is 7.52. The number of alkyl halides is 3. The topological polar surface area (TPSA) is 166 Å². The van der Waals surface area contributed by atoms with Crippen LogP contribution >= 0.6 is 23.2 Å². The van der Waals surface area contributed by atoms with Gasteiger partial charge in [-0.15, -0.1) is 0 Å². The Kier molecular flexibility index (Phi) is 9.34. The van der Waals surface area contributed by atoms with Gasteiger partial charge < -0.3 is 14.8 Å². The third-order valence-corrected chi connectivity index (χ3v) is 9.33. The van der Waals surface area contributed by atoms with Crippen molar-refractivity contribution in [1.82, 2.24) is 25.1 Å². The van der Waals surface area contributed by atoms with Gasteiger partial charge in [0.1, 0.15) is 12.3 Å².